The van der Waals surface area contributed by atoms with Crippen molar-refractivity contribution in [3.05, 3.63) is 41.3 Å². The molecule has 0 aliphatic rings. The Labute approximate surface area is 112 Å². The summed E-state index contributed by atoms with van der Waals surface area (Å²) in [6.45, 7) is 0. The van der Waals surface area contributed by atoms with Crippen LogP contribution < -0.4 is 9.88 Å². The van der Waals surface area contributed by atoms with Crippen molar-refractivity contribution in [2.45, 2.75) is 4.90 Å². The quantitative estimate of drug-likeness (QED) is 0.924. The predicted molar refractivity (Wildman–Crippen MR) is 67.6 cm³/mol. The number of aromatic nitrogens is 2. The first-order chi connectivity index (χ1) is 8.45. The van der Waals surface area contributed by atoms with Crippen molar-refractivity contribution in [1.82, 2.24) is 9.97 Å². The first kappa shape index (κ1) is 12.9. The van der Waals surface area contributed by atoms with E-state index in [1.54, 1.807) is 12.3 Å². The molecule has 0 spiro atoms. The average molecular weight is 330 g/mol. The summed E-state index contributed by atoms with van der Waals surface area (Å²) in [7, 11) is -3.74. The molecule has 2 aromatic heterocycles. The molecule has 8 heteroatoms. The van der Waals surface area contributed by atoms with E-state index in [9.17, 15) is 8.42 Å². The van der Waals surface area contributed by atoms with Gasteiger partial charge in [-0.2, -0.15) is 0 Å². The third-order valence-electron chi connectivity index (χ3n) is 1.94. The molecule has 94 valence electrons. The number of halogens is 1. The van der Waals surface area contributed by atoms with Gasteiger partial charge in [-0.15, -0.1) is 0 Å². The maximum Gasteiger partial charge on any atom is 0.239 e. The van der Waals surface area contributed by atoms with Gasteiger partial charge < -0.3 is 4.74 Å². The van der Waals surface area contributed by atoms with Gasteiger partial charge in [0.2, 0.25) is 15.9 Å². The molecule has 2 rings (SSSR count). The van der Waals surface area contributed by atoms with Crippen molar-refractivity contribution in [2.24, 2.45) is 5.14 Å². The van der Waals surface area contributed by atoms with Crippen molar-refractivity contribution in [3.63, 3.8) is 0 Å². The van der Waals surface area contributed by atoms with Gasteiger partial charge in [0.25, 0.3) is 0 Å². The standard InChI is InChI=1S/C10H8BrN3O3S/c11-7-3-8(5-13-4-7)17-10-2-1-9(6-14-10)18(12,15)16/h1-6H,(H2,12,15,16). The fourth-order valence-corrected chi connectivity index (χ4v) is 1.97. The van der Waals surface area contributed by atoms with E-state index >= 15 is 0 Å². The molecule has 0 radical (unpaired) electrons. The summed E-state index contributed by atoms with van der Waals surface area (Å²) in [5.74, 6) is 0.738. The summed E-state index contributed by atoms with van der Waals surface area (Å²) in [5.41, 5.74) is 0. The van der Waals surface area contributed by atoms with Crippen LogP contribution in [0.2, 0.25) is 0 Å². The Hall–Kier alpha value is -1.51. The number of pyridine rings is 2. The van der Waals surface area contributed by atoms with Gasteiger partial charge in [-0.05, 0) is 28.1 Å². The number of nitrogens with zero attached hydrogens (tertiary/aromatic N) is 2. The van der Waals surface area contributed by atoms with Crippen molar-refractivity contribution in [1.29, 1.82) is 0 Å². The molecular formula is C10H8BrN3O3S. The number of primary sulfonamides is 1. The summed E-state index contributed by atoms with van der Waals surface area (Å²) in [4.78, 5) is 7.70. The molecule has 2 N–H and O–H groups in total. The Balaban J connectivity index is 2.21. The molecule has 0 aliphatic carbocycles. The van der Waals surface area contributed by atoms with Gasteiger partial charge in [0.05, 0.1) is 12.4 Å². The summed E-state index contributed by atoms with van der Waals surface area (Å²) in [6.07, 6.45) is 4.26. The van der Waals surface area contributed by atoms with Crippen LogP contribution in [-0.2, 0) is 10.0 Å². The molecule has 6 nitrogen and oxygen atoms in total. The lowest BCUT2D eigenvalue weighted by Crippen LogP contribution is -2.12. The maximum absolute atomic E-state index is 11.0. The molecular weight excluding hydrogens is 322 g/mol. The Kier molecular flexibility index (Phi) is 3.60. The molecule has 0 amide bonds. The third kappa shape index (κ3) is 3.25. The van der Waals surface area contributed by atoms with Crippen LogP contribution in [0.1, 0.15) is 0 Å². The lowest BCUT2D eigenvalue weighted by molar-refractivity contribution is 0.459. The Morgan fingerprint density at radius 2 is 2.00 bits per heavy atom. The Morgan fingerprint density at radius 1 is 1.22 bits per heavy atom. The fourth-order valence-electron chi connectivity index (χ4n) is 1.16. The van der Waals surface area contributed by atoms with Gasteiger partial charge in [0, 0.05) is 16.7 Å². The smallest absolute Gasteiger partial charge is 0.239 e. The second kappa shape index (κ2) is 5.01. The average Bonchev–Trinajstić information content (AvgIpc) is 2.28. The lowest BCUT2D eigenvalue weighted by Gasteiger charge is -2.04. The zero-order valence-corrected chi connectivity index (χ0v) is 11.3. The molecule has 0 atom stereocenters. The molecule has 0 fully saturated rings. The van der Waals surface area contributed by atoms with Crippen LogP contribution in [0.5, 0.6) is 11.6 Å². The molecule has 0 aromatic carbocycles. The SMILES string of the molecule is NS(=O)(=O)c1ccc(Oc2cncc(Br)c2)nc1. The van der Waals surface area contributed by atoms with E-state index in [1.807, 2.05) is 0 Å². The van der Waals surface area contributed by atoms with Gasteiger partial charge in [-0.1, -0.05) is 0 Å². The highest BCUT2D eigenvalue weighted by Crippen LogP contribution is 2.22. The van der Waals surface area contributed by atoms with Crippen LogP contribution in [0.3, 0.4) is 0 Å². The van der Waals surface area contributed by atoms with Gasteiger partial charge >= 0.3 is 0 Å². The first-order valence-electron chi connectivity index (χ1n) is 4.72. The number of ether oxygens (including phenoxy) is 1. The number of hydrogen-bond donors (Lipinski definition) is 1. The van der Waals surface area contributed by atoms with Crippen LogP contribution >= 0.6 is 15.9 Å². The second-order valence-corrected chi connectivity index (χ2v) is 5.80. The van der Waals surface area contributed by atoms with Crippen LogP contribution in [0.25, 0.3) is 0 Å². The fraction of sp³-hybridized carbons (Fsp3) is 0. The molecule has 0 saturated carbocycles. The Bertz CT molecular complexity index is 658. The van der Waals surface area contributed by atoms with Crippen molar-refractivity contribution in [2.75, 3.05) is 0 Å². The highest BCUT2D eigenvalue weighted by molar-refractivity contribution is 9.10. The predicted octanol–water partition coefficient (Wildman–Crippen LogP) is 1.68. The topological polar surface area (TPSA) is 95.2 Å². The van der Waals surface area contributed by atoms with Crippen LogP contribution in [0.15, 0.2) is 46.2 Å². The summed E-state index contributed by atoms with van der Waals surface area (Å²) < 4.78 is 28.2. The zero-order valence-electron chi connectivity index (χ0n) is 8.95. The molecule has 0 aliphatic heterocycles. The minimum atomic E-state index is -3.74. The van der Waals surface area contributed by atoms with Crippen molar-refractivity contribution >= 4 is 26.0 Å². The molecule has 18 heavy (non-hydrogen) atoms. The van der Waals surface area contributed by atoms with E-state index in [0.29, 0.717) is 5.75 Å². The highest BCUT2D eigenvalue weighted by Gasteiger charge is 2.08. The third-order valence-corrected chi connectivity index (χ3v) is 3.27. The minimum absolute atomic E-state index is 0.0674. The van der Waals surface area contributed by atoms with E-state index in [4.69, 9.17) is 9.88 Å². The summed E-state index contributed by atoms with van der Waals surface area (Å²) in [6, 6.07) is 4.45. The summed E-state index contributed by atoms with van der Waals surface area (Å²) >= 11 is 3.25. The van der Waals surface area contributed by atoms with Gasteiger partial charge in [0.1, 0.15) is 10.6 Å². The van der Waals surface area contributed by atoms with E-state index < -0.39 is 10.0 Å². The monoisotopic (exact) mass is 329 g/mol. The van der Waals surface area contributed by atoms with Gasteiger partial charge in [-0.3, -0.25) is 4.98 Å². The number of sulfonamides is 1. The van der Waals surface area contributed by atoms with Gasteiger partial charge in [0.15, 0.2) is 0 Å². The van der Waals surface area contributed by atoms with Crippen molar-refractivity contribution in [3.8, 4) is 11.6 Å². The van der Waals surface area contributed by atoms with E-state index in [2.05, 4.69) is 25.9 Å². The zero-order chi connectivity index (χ0) is 13.2. The van der Waals surface area contributed by atoms with Gasteiger partial charge in [-0.25, -0.2) is 18.5 Å². The van der Waals surface area contributed by atoms with Crippen molar-refractivity contribution < 1.29 is 13.2 Å². The molecule has 2 aromatic rings. The maximum atomic E-state index is 11.0. The van der Waals surface area contributed by atoms with Crippen LogP contribution in [-0.4, -0.2) is 18.4 Å². The molecule has 0 saturated heterocycles. The number of hydrogen-bond acceptors (Lipinski definition) is 5. The minimum Gasteiger partial charge on any atom is -0.437 e. The number of rotatable bonds is 3. The van der Waals surface area contributed by atoms with E-state index in [1.165, 1.54) is 18.3 Å². The summed E-state index contributed by atoms with van der Waals surface area (Å²) in [5, 5.41) is 4.95. The lowest BCUT2D eigenvalue weighted by atomic mass is 10.4. The molecule has 0 unspecified atom stereocenters. The van der Waals surface area contributed by atoms with Crippen LogP contribution in [0, 0.1) is 0 Å². The van der Waals surface area contributed by atoms with Crippen LogP contribution in [0.4, 0.5) is 0 Å². The largest absolute Gasteiger partial charge is 0.437 e. The number of nitrogens with two attached hydrogens (primary N) is 1. The molecule has 0 bridgehead atoms. The Morgan fingerprint density at radius 3 is 2.56 bits per heavy atom. The first-order valence-corrected chi connectivity index (χ1v) is 7.06. The second-order valence-electron chi connectivity index (χ2n) is 3.32. The normalized spacial score (nSPS) is 11.2. The van der Waals surface area contributed by atoms with E-state index in [0.717, 1.165) is 10.7 Å². The van der Waals surface area contributed by atoms with E-state index in [-0.39, 0.29) is 10.8 Å². The molecule has 2 heterocycles. The highest BCUT2D eigenvalue weighted by atomic mass is 79.9.